The predicted molar refractivity (Wildman–Crippen MR) is 124 cm³/mol. The maximum Gasteiger partial charge on any atom is 0.123 e. The third-order valence-corrected chi connectivity index (χ3v) is 5.73. The molecule has 1 heterocycles. The van der Waals surface area contributed by atoms with Gasteiger partial charge in [-0.2, -0.15) is 0 Å². The van der Waals surface area contributed by atoms with Crippen molar-refractivity contribution in [1.29, 1.82) is 5.41 Å². The molecular formula is C25H33FN4. The summed E-state index contributed by atoms with van der Waals surface area (Å²) in [6.07, 6.45) is 5.19. The Labute approximate surface area is 180 Å². The fraction of sp³-hybridized carbons (Fsp3) is 0.400. The number of likely N-dealkylation sites (N-methyl/N-ethyl adjacent to an activating group) is 1. The molecule has 0 atom stereocenters. The minimum absolute atomic E-state index is 0.282. The van der Waals surface area contributed by atoms with Gasteiger partial charge in [-0.1, -0.05) is 31.2 Å². The van der Waals surface area contributed by atoms with Crippen LogP contribution in [0.3, 0.4) is 0 Å². The first-order valence-corrected chi connectivity index (χ1v) is 10.9. The molecule has 2 aromatic rings. The highest BCUT2D eigenvalue weighted by Crippen LogP contribution is 2.24. The van der Waals surface area contributed by atoms with Crippen molar-refractivity contribution in [3.8, 4) is 0 Å². The number of para-hydroxylation sites is 1. The maximum absolute atomic E-state index is 13.3. The number of halogens is 1. The largest absolute Gasteiger partial charge is 0.348 e. The normalized spacial score (nSPS) is 15.6. The van der Waals surface area contributed by atoms with Crippen LogP contribution < -0.4 is 4.90 Å². The molecule has 2 aromatic carbocycles. The molecule has 0 bridgehead atoms. The Morgan fingerprint density at radius 2 is 1.70 bits per heavy atom. The summed E-state index contributed by atoms with van der Waals surface area (Å²) in [5.41, 5.74) is 3.01. The lowest BCUT2D eigenvalue weighted by Crippen LogP contribution is -2.46. The van der Waals surface area contributed by atoms with Crippen molar-refractivity contribution in [1.82, 2.24) is 9.80 Å². The average Bonchev–Trinajstić information content (AvgIpc) is 2.79. The van der Waals surface area contributed by atoms with Crippen LogP contribution in [0.15, 0.2) is 60.8 Å². The summed E-state index contributed by atoms with van der Waals surface area (Å²) in [5.74, 6) is -0.282. The summed E-state index contributed by atoms with van der Waals surface area (Å²) in [6.45, 7) is 12.0. The minimum Gasteiger partial charge on any atom is -0.348 e. The van der Waals surface area contributed by atoms with E-state index in [2.05, 4.69) is 33.9 Å². The van der Waals surface area contributed by atoms with E-state index in [-0.39, 0.29) is 5.82 Å². The van der Waals surface area contributed by atoms with Crippen LogP contribution >= 0.6 is 0 Å². The molecule has 160 valence electrons. The van der Waals surface area contributed by atoms with E-state index in [0.717, 1.165) is 69.0 Å². The molecule has 1 N–H and O–H groups in total. The van der Waals surface area contributed by atoms with E-state index in [1.54, 1.807) is 12.1 Å². The van der Waals surface area contributed by atoms with Gasteiger partial charge in [0.05, 0.1) is 11.4 Å². The van der Waals surface area contributed by atoms with Gasteiger partial charge in [-0.15, -0.1) is 0 Å². The monoisotopic (exact) mass is 408 g/mol. The summed E-state index contributed by atoms with van der Waals surface area (Å²) < 4.78 is 13.3. The Morgan fingerprint density at radius 1 is 1.03 bits per heavy atom. The molecule has 1 aliphatic heterocycles. The highest BCUT2D eigenvalue weighted by Gasteiger charge is 2.17. The lowest BCUT2D eigenvalue weighted by molar-refractivity contribution is 0.137. The fourth-order valence-electron chi connectivity index (χ4n) is 3.96. The first-order valence-electron chi connectivity index (χ1n) is 10.9. The second kappa shape index (κ2) is 11.0. The molecular weight excluding hydrogens is 375 g/mol. The average molecular weight is 409 g/mol. The third kappa shape index (κ3) is 5.77. The van der Waals surface area contributed by atoms with Crippen LogP contribution in [0.1, 0.15) is 31.4 Å². The van der Waals surface area contributed by atoms with E-state index in [0.29, 0.717) is 5.71 Å². The molecule has 3 rings (SSSR count). The molecule has 0 amide bonds. The Hall–Kier alpha value is -2.50. The molecule has 1 aliphatic rings. The van der Waals surface area contributed by atoms with Gasteiger partial charge in [-0.3, -0.25) is 5.41 Å². The first-order chi connectivity index (χ1) is 14.6. The van der Waals surface area contributed by atoms with E-state index in [1.807, 2.05) is 31.2 Å². The number of benzene rings is 2. The minimum atomic E-state index is -0.282. The summed E-state index contributed by atoms with van der Waals surface area (Å²) in [6, 6.07) is 14.2. The third-order valence-electron chi connectivity index (χ3n) is 5.73. The van der Waals surface area contributed by atoms with Crippen molar-refractivity contribution in [3.63, 3.8) is 0 Å². The van der Waals surface area contributed by atoms with E-state index in [4.69, 9.17) is 5.41 Å². The molecule has 5 heteroatoms. The van der Waals surface area contributed by atoms with Crippen LogP contribution in [0.25, 0.3) is 0 Å². The molecule has 1 fully saturated rings. The molecule has 30 heavy (non-hydrogen) atoms. The standard InChI is InChI=1S/C25H33FN4/c1-3-14-30(16-7-15-29-19-17-28(4-2)18-20-29)24-9-6-5-8-23(24)25(27)21-10-12-22(26)13-11-21/h3,5-6,8-14,27H,4,7,15-20H2,1-2H3/b14-3+,27-25?. The smallest absolute Gasteiger partial charge is 0.123 e. The van der Waals surface area contributed by atoms with Crippen LogP contribution in [-0.2, 0) is 0 Å². The number of anilines is 1. The van der Waals surface area contributed by atoms with Crippen molar-refractivity contribution >= 4 is 11.4 Å². The van der Waals surface area contributed by atoms with Gasteiger partial charge in [0.2, 0.25) is 0 Å². The lowest BCUT2D eigenvalue weighted by atomic mass is 10.00. The maximum atomic E-state index is 13.3. The van der Waals surface area contributed by atoms with Crippen molar-refractivity contribution in [2.24, 2.45) is 0 Å². The summed E-state index contributed by atoms with van der Waals surface area (Å²) in [5, 5.41) is 8.70. The zero-order valence-electron chi connectivity index (χ0n) is 18.1. The summed E-state index contributed by atoms with van der Waals surface area (Å²) in [7, 11) is 0. The van der Waals surface area contributed by atoms with E-state index in [9.17, 15) is 4.39 Å². The summed E-state index contributed by atoms with van der Waals surface area (Å²) >= 11 is 0. The Morgan fingerprint density at radius 3 is 2.37 bits per heavy atom. The molecule has 0 spiro atoms. The van der Waals surface area contributed by atoms with Crippen molar-refractivity contribution in [2.45, 2.75) is 20.3 Å². The van der Waals surface area contributed by atoms with Crippen molar-refractivity contribution in [3.05, 3.63) is 77.8 Å². The predicted octanol–water partition coefficient (Wildman–Crippen LogP) is 4.61. The van der Waals surface area contributed by atoms with Gasteiger partial charge in [-0.25, -0.2) is 4.39 Å². The molecule has 0 saturated carbocycles. The van der Waals surface area contributed by atoms with Crippen molar-refractivity contribution < 1.29 is 4.39 Å². The number of piperazine rings is 1. The fourth-order valence-corrected chi connectivity index (χ4v) is 3.96. The summed E-state index contributed by atoms with van der Waals surface area (Å²) in [4.78, 5) is 7.28. The number of rotatable bonds is 9. The number of allylic oxidation sites excluding steroid dienone is 1. The Kier molecular flexibility index (Phi) is 8.17. The van der Waals surface area contributed by atoms with Crippen LogP contribution in [-0.4, -0.2) is 61.3 Å². The zero-order valence-corrected chi connectivity index (χ0v) is 18.1. The molecule has 0 unspecified atom stereocenters. The lowest BCUT2D eigenvalue weighted by Gasteiger charge is -2.34. The van der Waals surface area contributed by atoms with Gasteiger partial charge < -0.3 is 14.7 Å². The van der Waals surface area contributed by atoms with E-state index in [1.165, 1.54) is 12.1 Å². The highest BCUT2D eigenvalue weighted by atomic mass is 19.1. The number of nitrogens with zero attached hydrogens (tertiary/aromatic N) is 3. The molecule has 1 saturated heterocycles. The van der Waals surface area contributed by atoms with E-state index < -0.39 is 0 Å². The number of nitrogens with one attached hydrogen (secondary N) is 1. The van der Waals surface area contributed by atoms with Gasteiger partial charge in [-0.05, 0) is 63.0 Å². The van der Waals surface area contributed by atoms with Gasteiger partial charge in [0.15, 0.2) is 0 Å². The zero-order chi connectivity index (χ0) is 21.3. The topological polar surface area (TPSA) is 33.6 Å². The SMILES string of the molecule is C/C=C/N(CCCN1CCN(CC)CC1)c1ccccc1C(=N)c1ccc(F)cc1. The quantitative estimate of drug-likeness (QED) is 0.615. The van der Waals surface area contributed by atoms with Crippen LogP contribution in [0.2, 0.25) is 0 Å². The molecule has 0 aromatic heterocycles. The number of hydrogen-bond acceptors (Lipinski definition) is 4. The number of hydrogen-bond donors (Lipinski definition) is 1. The van der Waals surface area contributed by atoms with Gasteiger partial charge in [0, 0.05) is 43.9 Å². The van der Waals surface area contributed by atoms with Gasteiger partial charge in [0.1, 0.15) is 5.82 Å². The van der Waals surface area contributed by atoms with Crippen LogP contribution in [0.5, 0.6) is 0 Å². The second-order valence-corrected chi connectivity index (χ2v) is 7.70. The van der Waals surface area contributed by atoms with Gasteiger partial charge >= 0.3 is 0 Å². The van der Waals surface area contributed by atoms with Crippen LogP contribution in [0.4, 0.5) is 10.1 Å². The van der Waals surface area contributed by atoms with Crippen molar-refractivity contribution in [2.75, 3.05) is 50.7 Å². The molecule has 0 aliphatic carbocycles. The molecule has 0 radical (unpaired) electrons. The highest BCUT2D eigenvalue weighted by molar-refractivity contribution is 6.14. The Balaban J connectivity index is 1.68. The first kappa shape index (κ1) is 22.2. The molecule has 4 nitrogen and oxygen atoms in total. The van der Waals surface area contributed by atoms with Gasteiger partial charge in [0.25, 0.3) is 0 Å². The van der Waals surface area contributed by atoms with Crippen LogP contribution in [0, 0.1) is 11.2 Å². The van der Waals surface area contributed by atoms with E-state index >= 15 is 0 Å². The Bertz CT molecular complexity index is 838. The second-order valence-electron chi connectivity index (χ2n) is 7.70.